The van der Waals surface area contributed by atoms with Gasteiger partial charge in [-0.1, -0.05) is 45.0 Å². The monoisotopic (exact) mass is 410 g/mol. The van der Waals surface area contributed by atoms with Crippen LogP contribution in [0.15, 0.2) is 47.6 Å². The summed E-state index contributed by atoms with van der Waals surface area (Å²) in [6.45, 7) is 6.52. The van der Waals surface area contributed by atoms with E-state index >= 15 is 0 Å². The maximum Gasteiger partial charge on any atom is 0.216 e. The van der Waals surface area contributed by atoms with Crippen LogP contribution in [-0.4, -0.2) is 33.3 Å². The zero-order chi connectivity index (χ0) is 21.0. The van der Waals surface area contributed by atoms with Gasteiger partial charge in [0.2, 0.25) is 4.77 Å². The van der Waals surface area contributed by atoms with Crippen LogP contribution in [0.3, 0.4) is 0 Å². The maximum atomic E-state index is 9.74. The number of aromatic hydroxyl groups is 1. The van der Waals surface area contributed by atoms with Crippen molar-refractivity contribution in [3.05, 3.63) is 69.8 Å². The molecule has 29 heavy (non-hydrogen) atoms. The quantitative estimate of drug-likeness (QED) is 0.430. The molecule has 0 aliphatic carbocycles. The Kier molecular flexibility index (Phi) is 6.49. The Hall–Kier alpha value is -2.93. The zero-order valence-electron chi connectivity index (χ0n) is 17.1. The number of hydrogen-bond acceptors (Lipinski definition) is 5. The number of benzene rings is 2. The fraction of sp³-hybridized carbons (Fsp3) is 0.318. The summed E-state index contributed by atoms with van der Waals surface area (Å²) in [6.07, 6.45) is 2.73. The van der Waals surface area contributed by atoms with Crippen molar-refractivity contribution < 1.29 is 9.84 Å². The van der Waals surface area contributed by atoms with Crippen LogP contribution in [0.25, 0.3) is 0 Å². The van der Waals surface area contributed by atoms with E-state index < -0.39 is 0 Å². The molecule has 0 saturated carbocycles. The minimum absolute atomic E-state index is 0.0163. The van der Waals surface area contributed by atoms with Crippen LogP contribution in [0.1, 0.15) is 49.2 Å². The van der Waals surface area contributed by atoms with Crippen LogP contribution < -0.4 is 4.74 Å². The molecule has 0 aliphatic heterocycles. The topological polar surface area (TPSA) is 75.4 Å². The molecule has 6 nitrogen and oxygen atoms in total. The van der Waals surface area contributed by atoms with Crippen molar-refractivity contribution in [1.29, 1.82) is 0 Å². The molecule has 0 saturated heterocycles. The van der Waals surface area contributed by atoms with Gasteiger partial charge in [-0.2, -0.15) is 14.9 Å². The molecule has 1 heterocycles. The van der Waals surface area contributed by atoms with E-state index in [1.54, 1.807) is 29.1 Å². The molecular formula is C22H26N4O2S. The fourth-order valence-corrected chi connectivity index (χ4v) is 3.34. The minimum Gasteiger partial charge on any atom is -0.504 e. The first-order valence-electron chi connectivity index (χ1n) is 9.56. The molecule has 0 spiro atoms. The Morgan fingerprint density at radius 3 is 2.59 bits per heavy atom. The van der Waals surface area contributed by atoms with E-state index in [9.17, 15) is 5.11 Å². The highest BCUT2D eigenvalue weighted by Gasteiger charge is 2.16. The molecule has 2 aromatic carbocycles. The van der Waals surface area contributed by atoms with E-state index in [2.05, 4.69) is 60.3 Å². The first kappa shape index (κ1) is 20.8. The average Bonchev–Trinajstić information content (AvgIpc) is 3.07. The molecule has 0 fully saturated rings. The number of nitrogens with one attached hydrogen (secondary N) is 1. The van der Waals surface area contributed by atoms with Gasteiger partial charge in [-0.15, -0.1) is 0 Å². The zero-order valence-corrected chi connectivity index (χ0v) is 17.9. The molecule has 3 aromatic rings. The van der Waals surface area contributed by atoms with E-state index in [1.807, 2.05) is 0 Å². The van der Waals surface area contributed by atoms with Gasteiger partial charge in [0.15, 0.2) is 17.3 Å². The molecule has 0 bridgehead atoms. The highest BCUT2D eigenvalue weighted by Crippen LogP contribution is 2.26. The number of rotatable bonds is 7. The Morgan fingerprint density at radius 2 is 1.93 bits per heavy atom. The van der Waals surface area contributed by atoms with Crippen molar-refractivity contribution in [3.8, 4) is 11.5 Å². The molecule has 0 radical (unpaired) electrons. The van der Waals surface area contributed by atoms with Crippen molar-refractivity contribution in [1.82, 2.24) is 14.9 Å². The highest BCUT2D eigenvalue weighted by atomic mass is 32.1. The van der Waals surface area contributed by atoms with Crippen LogP contribution in [0.5, 0.6) is 11.5 Å². The summed E-state index contributed by atoms with van der Waals surface area (Å²) in [5.41, 5.74) is 3.25. The SMILES string of the molecule is COc1cc(/C=N/n2c([C@H](C)c3ccc(CC(C)C)cc3)n[nH]c2=S)ccc1O. The number of phenolic OH excluding ortho intramolecular Hbond substituents is 1. The highest BCUT2D eigenvalue weighted by molar-refractivity contribution is 7.71. The number of aromatic amines is 1. The van der Waals surface area contributed by atoms with Gasteiger partial charge in [-0.05, 0) is 59.4 Å². The Morgan fingerprint density at radius 1 is 1.21 bits per heavy atom. The van der Waals surface area contributed by atoms with Gasteiger partial charge in [0, 0.05) is 5.92 Å². The van der Waals surface area contributed by atoms with E-state index in [0.717, 1.165) is 23.4 Å². The van der Waals surface area contributed by atoms with Gasteiger partial charge < -0.3 is 9.84 Å². The third kappa shape index (κ3) is 4.92. The number of methoxy groups -OCH3 is 1. The standard InChI is InChI=1S/C22H26N4O2S/c1-14(2)11-16-5-8-18(9-6-16)15(3)21-24-25-22(29)26(21)23-13-17-7-10-19(27)20(12-17)28-4/h5-10,12-15,27H,11H2,1-4H3,(H,25,29)/b23-13+/t15-/m1/s1. The van der Waals surface area contributed by atoms with Crippen LogP contribution in [-0.2, 0) is 6.42 Å². The predicted octanol–water partition coefficient (Wildman–Crippen LogP) is 4.89. The number of H-pyrrole nitrogens is 1. The number of aromatic nitrogens is 3. The smallest absolute Gasteiger partial charge is 0.216 e. The Bertz CT molecular complexity index is 1050. The summed E-state index contributed by atoms with van der Waals surface area (Å²) >= 11 is 5.36. The summed E-state index contributed by atoms with van der Waals surface area (Å²) in [5.74, 6) is 1.85. The lowest BCUT2D eigenvalue weighted by Crippen LogP contribution is -2.06. The average molecular weight is 411 g/mol. The lowest BCUT2D eigenvalue weighted by Gasteiger charge is -2.12. The van der Waals surface area contributed by atoms with Crippen molar-refractivity contribution in [2.24, 2.45) is 11.0 Å². The second kappa shape index (κ2) is 9.05. The van der Waals surface area contributed by atoms with Crippen molar-refractivity contribution in [2.45, 2.75) is 33.1 Å². The summed E-state index contributed by atoms with van der Waals surface area (Å²) in [6, 6.07) is 13.6. The van der Waals surface area contributed by atoms with Crippen LogP contribution in [0.2, 0.25) is 0 Å². The van der Waals surface area contributed by atoms with Gasteiger partial charge in [-0.3, -0.25) is 5.10 Å². The predicted molar refractivity (Wildman–Crippen MR) is 118 cm³/mol. The molecular weight excluding hydrogens is 384 g/mol. The molecule has 3 rings (SSSR count). The summed E-state index contributed by atoms with van der Waals surface area (Å²) in [7, 11) is 1.51. The van der Waals surface area contributed by atoms with Gasteiger partial charge in [-0.25, -0.2) is 0 Å². The largest absolute Gasteiger partial charge is 0.504 e. The number of ether oxygens (including phenoxy) is 1. The molecule has 1 aromatic heterocycles. The van der Waals surface area contributed by atoms with Gasteiger partial charge in [0.05, 0.1) is 13.3 Å². The Labute approximate surface area is 175 Å². The number of nitrogens with zero attached hydrogens (tertiary/aromatic N) is 3. The Balaban J connectivity index is 1.86. The van der Waals surface area contributed by atoms with Crippen LogP contribution in [0.4, 0.5) is 0 Å². The van der Waals surface area contributed by atoms with Gasteiger partial charge in [0.25, 0.3) is 0 Å². The normalized spacial score (nSPS) is 12.6. The fourth-order valence-electron chi connectivity index (χ4n) is 3.16. The molecule has 152 valence electrons. The second-order valence-electron chi connectivity index (χ2n) is 7.44. The van der Waals surface area contributed by atoms with Crippen LogP contribution in [0, 0.1) is 10.7 Å². The summed E-state index contributed by atoms with van der Waals surface area (Å²) in [4.78, 5) is 0. The molecule has 2 N–H and O–H groups in total. The van der Waals surface area contributed by atoms with Crippen molar-refractivity contribution >= 4 is 18.4 Å². The third-order valence-corrected chi connectivity index (χ3v) is 4.98. The maximum absolute atomic E-state index is 9.74. The van der Waals surface area contributed by atoms with E-state index in [0.29, 0.717) is 16.4 Å². The molecule has 7 heteroatoms. The number of hydrogen-bond donors (Lipinski definition) is 2. The second-order valence-corrected chi connectivity index (χ2v) is 7.82. The first-order chi connectivity index (χ1) is 13.9. The summed E-state index contributed by atoms with van der Waals surface area (Å²) < 4.78 is 7.19. The van der Waals surface area contributed by atoms with E-state index in [1.165, 1.54) is 12.7 Å². The minimum atomic E-state index is 0.0163. The molecule has 0 unspecified atom stereocenters. The van der Waals surface area contributed by atoms with Gasteiger partial charge in [0.1, 0.15) is 0 Å². The van der Waals surface area contributed by atoms with E-state index in [4.69, 9.17) is 17.0 Å². The lowest BCUT2D eigenvalue weighted by atomic mass is 9.96. The first-order valence-corrected chi connectivity index (χ1v) is 9.97. The van der Waals surface area contributed by atoms with Gasteiger partial charge >= 0.3 is 0 Å². The molecule has 0 amide bonds. The van der Waals surface area contributed by atoms with E-state index in [-0.39, 0.29) is 11.7 Å². The molecule has 1 atom stereocenters. The van der Waals surface area contributed by atoms with Crippen molar-refractivity contribution in [2.75, 3.05) is 7.11 Å². The van der Waals surface area contributed by atoms with Crippen molar-refractivity contribution in [3.63, 3.8) is 0 Å². The van der Waals surface area contributed by atoms with Crippen LogP contribution >= 0.6 is 12.2 Å². The number of phenols is 1. The lowest BCUT2D eigenvalue weighted by molar-refractivity contribution is 0.373. The summed E-state index contributed by atoms with van der Waals surface area (Å²) in [5, 5.41) is 21.5. The third-order valence-electron chi connectivity index (χ3n) is 4.71. The molecule has 0 aliphatic rings.